The first-order valence-electron chi connectivity index (χ1n) is 30.9. The molecule has 0 aliphatic rings. The Balaban J connectivity index is 4.18. The highest BCUT2D eigenvalue weighted by Crippen LogP contribution is 2.16. The number of carbonyl (C=O) groups is 3. The largest absolute Gasteiger partial charge is 0.462 e. The van der Waals surface area contributed by atoms with Crippen LogP contribution in [-0.4, -0.2) is 37.2 Å². The summed E-state index contributed by atoms with van der Waals surface area (Å²) < 4.78 is 16.8. The highest BCUT2D eigenvalue weighted by atomic mass is 16.6. The minimum absolute atomic E-state index is 0.0766. The van der Waals surface area contributed by atoms with Crippen LogP contribution in [0.3, 0.4) is 0 Å². The summed E-state index contributed by atoms with van der Waals surface area (Å²) in [5.41, 5.74) is 0. The molecule has 72 heavy (non-hydrogen) atoms. The van der Waals surface area contributed by atoms with E-state index in [1.54, 1.807) is 0 Å². The average molecular weight is 1010 g/mol. The zero-order chi connectivity index (χ0) is 52.2. The maximum atomic E-state index is 12.9. The first-order valence-corrected chi connectivity index (χ1v) is 30.9. The van der Waals surface area contributed by atoms with E-state index in [4.69, 9.17) is 14.2 Å². The number of hydrogen-bond donors (Lipinski definition) is 0. The minimum atomic E-state index is -0.778. The summed E-state index contributed by atoms with van der Waals surface area (Å²) in [4.78, 5) is 38.1. The highest BCUT2D eigenvalue weighted by molar-refractivity contribution is 5.71. The van der Waals surface area contributed by atoms with Gasteiger partial charge in [-0.1, -0.05) is 273 Å². The third-order valence-corrected chi connectivity index (χ3v) is 13.4. The molecule has 0 saturated heterocycles. The minimum Gasteiger partial charge on any atom is -0.462 e. The molecule has 0 amide bonds. The molecule has 1 unspecified atom stereocenters. The van der Waals surface area contributed by atoms with Crippen LogP contribution in [0.5, 0.6) is 0 Å². The van der Waals surface area contributed by atoms with Gasteiger partial charge in [0, 0.05) is 19.3 Å². The maximum Gasteiger partial charge on any atom is 0.306 e. The second-order valence-corrected chi connectivity index (χ2v) is 20.6. The van der Waals surface area contributed by atoms with Gasteiger partial charge in [-0.3, -0.25) is 14.4 Å². The van der Waals surface area contributed by atoms with Crippen LogP contribution in [0, 0.1) is 0 Å². The van der Waals surface area contributed by atoms with Gasteiger partial charge in [0.1, 0.15) is 13.2 Å². The van der Waals surface area contributed by atoms with Crippen LogP contribution >= 0.6 is 0 Å². The Hall–Kier alpha value is -3.15. The molecule has 0 aliphatic carbocycles. The van der Waals surface area contributed by atoms with Gasteiger partial charge in [-0.05, 0) is 89.9 Å². The van der Waals surface area contributed by atoms with Crippen LogP contribution in [0.15, 0.2) is 72.9 Å². The second kappa shape index (κ2) is 60.4. The van der Waals surface area contributed by atoms with E-state index in [-0.39, 0.29) is 31.1 Å². The highest BCUT2D eigenvalue weighted by Gasteiger charge is 2.19. The lowest BCUT2D eigenvalue weighted by molar-refractivity contribution is -0.167. The number of allylic oxidation sites excluding steroid dienone is 12. The third-order valence-electron chi connectivity index (χ3n) is 13.4. The lowest BCUT2D eigenvalue weighted by atomic mass is 10.0. The van der Waals surface area contributed by atoms with E-state index in [1.807, 2.05) is 0 Å². The lowest BCUT2D eigenvalue weighted by Gasteiger charge is -2.18. The molecule has 0 aromatic rings. The van der Waals surface area contributed by atoms with Crippen molar-refractivity contribution in [3.63, 3.8) is 0 Å². The van der Waals surface area contributed by atoms with E-state index in [9.17, 15) is 14.4 Å². The first-order chi connectivity index (χ1) is 35.5. The summed E-state index contributed by atoms with van der Waals surface area (Å²) in [6.07, 6.45) is 77.8. The number of ether oxygens (including phenoxy) is 3. The molecule has 0 aliphatic heterocycles. The zero-order valence-electron chi connectivity index (χ0n) is 47.7. The van der Waals surface area contributed by atoms with Crippen LogP contribution in [0.2, 0.25) is 0 Å². The van der Waals surface area contributed by atoms with E-state index in [0.29, 0.717) is 19.3 Å². The molecule has 0 aromatic carbocycles. The van der Waals surface area contributed by atoms with Crippen molar-refractivity contribution in [3.05, 3.63) is 72.9 Å². The first kappa shape index (κ1) is 68.8. The van der Waals surface area contributed by atoms with Gasteiger partial charge in [-0.2, -0.15) is 0 Å². The summed E-state index contributed by atoms with van der Waals surface area (Å²) >= 11 is 0. The van der Waals surface area contributed by atoms with Crippen molar-refractivity contribution in [2.24, 2.45) is 0 Å². The van der Waals surface area contributed by atoms with Crippen molar-refractivity contribution in [1.82, 2.24) is 0 Å². The van der Waals surface area contributed by atoms with Gasteiger partial charge in [0.15, 0.2) is 6.10 Å². The molecule has 0 rings (SSSR count). The summed E-state index contributed by atoms with van der Waals surface area (Å²) in [5, 5.41) is 0. The molecule has 6 nitrogen and oxygen atoms in total. The smallest absolute Gasteiger partial charge is 0.306 e. The van der Waals surface area contributed by atoms with Crippen molar-refractivity contribution in [2.45, 2.75) is 316 Å². The predicted octanol–water partition coefficient (Wildman–Crippen LogP) is 20.9. The summed E-state index contributed by atoms with van der Waals surface area (Å²) in [7, 11) is 0. The lowest BCUT2D eigenvalue weighted by Crippen LogP contribution is -2.30. The van der Waals surface area contributed by atoms with Crippen LogP contribution in [0.4, 0.5) is 0 Å². The fourth-order valence-electron chi connectivity index (χ4n) is 8.82. The van der Waals surface area contributed by atoms with Crippen LogP contribution < -0.4 is 0 Å². The molecule has 416 valence electrons. The molecule has 6 heteroatoms. The van der Waals surface area contributed by atoms with Crippen molar-refractivity contribution >= 4 is 17.9 Å². The number of unbranched alkanes of at least 4 members (excludes halogenated alkanes) is 33. The Bertz CT molecular complexity index is 1340. The van der Waals surface area contributed by atoms with Crippen LogP contribution in [0.1, 0.15) is 310 Å². The van der Waals surface area contributed by atoms with Crippen molar-refractivity contribution in [1.29, 1.82) is 0 Å². The zero-order valence-corrected chi connectivity index (χ0v) is 47.7. The summed E-state index contributed by atoms with van der Waals surface area (Å²) in [6.45, 7) is 6.51. The number of esters is 3. The van der Waals surface area contributed by atoms with Crippen LogP contribution in [-0.2, 0) is 28.6 Å². The van der Waals surface area contributed by atoms with Crippen molar-refractivity contribution in [2.75, 3.05) is 13.2 Å². The molecule has 0 radical (unpaired) electrons. The molecule has 0 saturated carbocycles. The Kier molecular flexibility index (Phi) is 57.8. The van der Waals surface area contributed by atoms with E-state index in [1.165, 1.54) is 173 Å². The molecule has 0 spiro atoms. The fourth-order valence-corrected chi connectivity index (χ4v) is 8.82. The summed E-state index contributed by atoms with van der Waals surface area (Å²) in [6, 6.07) is 0. The molecule has 1 atom stereocenters. The Morgan fingerprint density at radius 1 is 0.292 bits per heavy atom. The van der Waals surface area contributed by atoms with Gasteiger partial charge in [-0.15, -0.1) is 0 Å². The molecule has 0 heterocycles. The SMILES string of the molecule is CC/C=C\C/C=C\C/C=C\C/C=C\CCCCCCCCCCC(=O)OC(COC(=O)CCCCCCCCCC)COC(=O)CCCCCCCCCCCCCCC/C=C\C/C=C\CCCCCCC. The van der Waals surface area contributed by atoms with Gasteiger partial charge >= 0.3 is 17.9 Å². The average Bonchev–Trinajstić information content (AvgIpc) is 3.38. The Morgan fingerprint density at radius 3 is 0.847 bits per heavy atom. The molecule has 0 bridgehead atoms. The summed E-state index contributed by atoms with van der Waals surface area (Å²) in [5.74, 6) is -0.878. The van der Waals surface area contributed by atoms with Gasteiger partial charge in [0.25, 0.3) is 0 Å². The number of hydrogen-bond acceptors (Lipinski definition) is 6. The molecule has 0 N–H and O–H groups in total. The molecular formula is C66H116O6. The molecule has 0 fully saturated rings. The number of carbonyl (C=O) groups excluding carboxylic acids is 3. The van der Waals surface area contributed by atoms with Gasteiger partial charge < -0.3 is 14.2 Å². The van der Waals surface area contributed by atoms with E-state index in [0.717, 1.165) is 96.3 Å². The van der Waals surface area contributed by atoms with E-state index < -0.39 is 6.10 Å². The normalized spacial score (nSPS) is 12.5. The van der Waals surface area contributed by atoms with Gasteiger partial charge in [0.05, 0.1) is 0 Å². The third kappa shape index (κ3) is 57.7. The van der Waals surface area contributed by atoms with Crippen molar-refractivity contribution in [3.8, 4) is 0 Å². The molecule has 0 aromatic heterocycles. The fraction of sp³-hybridized carbons (Fsp3) is 0.773. The van der Waals surface area contributed by atoms with Crippen LogP contribution in [0.25, 0.3) is 0 Å². The second-order valence-electron chi connectivity index (χ2n) is 20.6. The quantitative estimate of drug-likeness (QED) is 0.0261. The topological polar surface area (TPSA) is 78.9 Å². The standard InChI is InChI=1S/C66H116O6/c1-4-7-10-13-16-19-21-23-25-27-29-31-32-33-34-36-37-39-41-43-45-47-50-53-56-59-65(68)71-62-63(61-70-64(67)58-55-52-49-18-15-12-9-6-3)72-66(69)60-57-54-51-48-46-44-42-40-38-35-30-28-26-24-22-20-17-14-11-8-5-2/h8,11,17,20-21,23-24,26-27,29-30,35,63H,4-7,9-10,12-16,18-19,22,25,28,31-34,36-62H2,1-3H3/b11-8-,20-17-,23-21-,26-24-,29-27-,35-30-. The number of rotatable bonds is 56. The molecular weight excluding hydrogens is 889 g/mol. The maximum absolute atomic E-state index is 12.9. The van der Waals surface area contributed by atoms with Gasteiger partial charge in [0.2, 0.25) is 0 Å². The van der Waals surface area contributed by atoms with Crippen molar-refractivity contribution < 1.29 is 28.6 Å². The van der Waals surface area contributed by atoms with E-state index in [2.05, 4.69) is 93.7 Å². The monoisotopic (exact) mass is 1000 g/mol. The predicted molar refractivity (Wildman–Crippen MR) is 311 cm³/mol. The Labute approximate surface area is 446 Å². The van der Waals surface area contributed by atoms with Gasteiger partial charge in [-0.25, -0.2) is 0 Å². The Morgan fingerprint density at radius 2 is 0.542 bits per heavy atom. The van der Waals surface area contributed by atoms with E-state index >= 15 is 0 Å².